The van der Waals surface area contributed by atoms with Crippen LogP contribution in [0.3, 0.4) is 0 Å². The Morgan fingerprint density at radius 1 is 1.16 bits per heavy atom. The Balaban J connectivity index is 1.36. The van der Waals surface area contributed by atoms with Crippen molar-refractivity contribution in [3.63, 3.8) is 0 Å². The molecule has 0 bridgehead atoms. The van der Waals surface area contributed by atoms with E-state index in [4.69, 9.17) is 11.5 Å². The first-order chi connectivity index (χ1) is 15.3. The van der Waals surface area contributed by atoms with Crippen molar-refractivity contribution in [3.05, 3.63) is 34.9 Å². The molecule has 4 N–H and O–H groups in total. The molecule has 9 nitrogen and oxygen atoms in total. The summed E-state index contributed by atoms with van der Waals surface area (Å²) in [5.41, 5.74) is 14.1. The number of para-hydroxylation sites is 1. The minimum atomic E-state index is -0.0750. The van der Waals surface area contributed by atoms with E-state index in [0.29, 0.717) is 23.7 Å². The maximum absolute atomic E-state index is 12.3. The van der Waals surface area contributed by atoms with Gasteiger partial charge in [0.15, 0.2) is 5.82 Å². The van der Waals surface area contributed by atoms with E-state index in [1.165, 1.54) is 11.8 Å². The molecule has 5 rings (SSSR count). The number of Topliss-reactive ketones (excluding diaryl/α,β-unsaturated/α-hetero) is 1. The summed E-state index contributed by atoms with van der Waals surface area (Å²) in [6, 6.07) is 5.76. The molecule has 1 aromatic carbocycles. The average Bonchev–Trinajstić information content (AvgIpc) is 3.17. The number of piperidine rings is 1. The van der Waals surface area contributed by atoms with E-state index >= 15 is 0 Å². The van der Waals surface area contributed by atoms with E-state index in [-0.39, 0.29) is 22.9 Å². The number of carbonyl (C=O) groups is 1. The summed E-state index contributed by atoms with van der Waals surface area (Å²) in [6.45, 7) is 1.57. The number of nitrogen functional groups attached to an aromatic ring is 1. The van der Waals surface area contributed by atoms with Gasteiger partial charge < -0.3 is 16.4 Å². The standard InChI is InChI=1S/C22H27N7O2S/c1-27-14-4-3-5-15(18(14)28(2)21(27)31)32-20-19(24)26-17(12-25-20)29-8-6-22(7-9-29)11-13(30)10-16(22)23/h3-5,12,16H,6-11,23H2,1-2H3,(H2,24,26)/t16-/m0/s1. The highest BCUT2D eigenvalue weighted by Gasteiger charge is 2.46. The van der Waals surface area contributed by atoms with Crippen molar-refractivity contribution in [1.29, 1.82) is 0 Å². The van der Waals surface area contributed by atoms with Gasteiger partial charge in [-0.2, -0.15) is 0 Å². The number of carbonyl (C=O) groups excluding carboxylic acids is 1. The van der Waals surface area contributed by atoms with Crippen molar-refractivity contribution in [2.24, 2.45) is 25.2 Å². The second kappa shape index (κ2) is 7.63. The normalized spacial score (nSPS) is 20.5. The number of aryl methyl sites for hydroxylation is 2. The van der Waals surface area contributed by atoms with Gasteiger partial charge >= 0.3 is 5.69 Å². The predicted octanol–water partition coefficient (Wildman–Crippen LogP) is 1.68. The van der Waals surface area contributed by atoms with Crippen LogP contribution in [-0.2, 0) is 18.9 Å². The van der Waals surface area contributed by atoms with Crippen LogP contribution in [0.1, 0.15) is 25.7 Å². The van der Waals surface area contributed by atoms with Crippen molar-refractivity contribution in [2.45, 2.75) is 41.6 Å². The van der Waals surface area contributed by atoms with Gasteiger partial charge in [-0.15, -0.1) is 0 Å². The molecular formula is C22H27N7O2S. The number of benzene rings is 1. The van der Waals surface area contributed by atoms with Crippen molar-refractivity contribution in [1.82, 2.24) is 19.1 Å². The molecule has 168 valence electrons. The number of aromatic nitrogens is 4. The second-order valence-electron chi connectivity index (χ2n) is 8.92. The lowest BCUT2D eigenvalue weighted by Crippen LogP contribution is -2.47. The summed E-state index contributed by atoms with van der Waals surface area (Å²) >= 11 is 1.41. The first kappa shape index (κ1) is 21.0. The zero-order chi connectivity index (χ0) is 22.6. The summed E-state index contributed by atoms with van der Waals surface area (Å²) < 4.78 is 3.27. The van der Waals surface area contributed by atoms with Crippen LogP contribution >= 0.6 is 11.8 Å². The van der Waals surface area contributed by atoms with Crippen LogP contribution < -0.4 is 22.1 Å². The van der Waals surface area contributed by atoms with Gasteiger partial charge in [-0.25, -0.2) is 14.8 Å². The molecule has 1 aliphatic heterocycles. The molecule has 1 aliphatic carbocycles. The number of nitrogens with zero attached hydrogens (tertiary/aromatic N) is 5. The first-order valence-corrected chi connectivity index (χ1v) is 11.6. The number of nitrogens with two attached hydrogens (primary N) is 2. The molecule has 1 spiro atoms. The molecule has 2 aromatic heterocycles. The maximum Gasteiger partial charge on any atom is 0.328 e. The Morgan fingerprint density at radius 2 is 1.91 bits per heavy atom. The van der Waals surface area contributed by atoms with E-state index < -0.39 is 0 Å². The van der Waals surface area contributed by atoms with Crippen LogP contribution in [0, 0.1) is 5.41 Å². The zero-order valence-electron chi connectivity index (χ0n) is 18.2. The van der Waals surface area contributed by atoms with Crippen LogP contribution in [0.4, 0.5) is 11.6 Å². The van der Waals surface area contributed by atoms with Crippen molar-refractivity contribution in [2.75, 3.05) is 23.7 Å². The quantitative estimate of drug-likeness (QED) is 0.614. The Labute approximate surface area is 189 Å². The second-order valence-corrected chi connectivity index (χ2v) is 9.95. The molecule has 0 unspecified atom stereocenters. The Hall–Kier alpha value is -2.85. The summed E-state index contributed by atoms with van der Waals surface area (Å²) in [7, 11) is 3.53. The molecule has 3 heterocycles. The fourth-order valence-corrected chi connectivity index (χ4v) is 6.08. The zero-order valence-corrected chi connectivity index (χ0v) is 19.1. The van der Waals surface area contributed by atoms with Gasteiger partial charge in [-0.3, -0.25) is 13.9 Å². The van der Waals surface area contributed by atoms with E-state index in [1.54, 1.807) is 29.4 Å². The first-order valence-electron chi connectivity index (χ1n) is 10.8. The van der Waals surface area contributed by atoms with Crippen LogP contribution in [0.15, 0.2) is 39.1 Å². The Bertz CT molecular complexity index is 1270. The predicted molar refractivity (Wildman–Crippen MR) is 125 cm³/mol. The summed E-state index contributed by atoms with van der Waals surface area (Å²) in [5, 5.41) is 0.606. The van der Waals surface area contributed by atoms with E-state index in [9.17, 15) is 9.59 Å². The van der Waals surface area contributed by atoms with Crippen LogP contribution in [-0.4, -0.2) is 44.0 Å². The lowest BCUT2D eigenvalue weighted by molar-refractivity contribution is -0.118. The molecule has 1 saturated heterocycles. The molecule has 0 radical (unpaired) electrons. The average molecular weight is 454 g/mol. The number of hydrogen-bond acceptors (Lipinski definition) is 8. The minimum Gasteiger partial charge on any atom is -0.381 e. The Morgan fingerprint density at radius 3 is 2.56 bits per heavy atom. The number of anilines is 2. The summed E-state index contributed by atoms with van der Waals surface area (Å²) in [6.07, 6.45) is 4.60. The van der Waals surface area contributed by atoms with Gasteiger partial charge in [0.05, 0.1) is 17.2 Å². The highest BCUT2D eigenvalue weighted by Crippen LogP contribution is 2.44. The fraction of sp³-hybridized carbons (Fsp3) is 0.455. The van der Waals surface area contributed by atoms with Gasteiger partial charge in [0.2, 0.25) is 0 Å². The minimum absolute atomic E-state index is 0.0382. The maximum atomic E-state index is 12.3. The van der Waals surface area contributed by atoms with Crippen LogP contribution in [0.5, 0.6) is 0 Å². The molecular weight excluding hydrogens is 426 g/mol. The van der Waals surface area contributed by atoms with Gasteiger partial charge in [-0.1, -0.05) is 17.8 Å². The van der Waals surface area contributed by atoms with E-state index in [2.05, 4.69) is 14.9 Å². The summed E-state index contributed by atoms with van der Waals surface area (Å²) in [5.74, 6) is 1.38. The lowest BCUT2D eigenvalue weighted by atomic mass is 9.74. The molecule has 10 heteroatoms. The van der Waals surface area contributed by atoms with Gasteiger partial charge in [0, 0.05) is 51.0 Å². The molecule has 2 fully saturated rings. The SMILES string of the molecule is Cn1c(=O)n(C)c2c(Sc3ncc(N4CCC5(CC4)CC(=O)C[C@@H]5N)nc3N)cccc21. The third kappa shape index (κ3) is 3.29. The number of fused-ring (bicyclic) bond motifs is 1. The van der Waals surface area contributed by atoms with Crippen molar-refractivity contribution < 1.29 is 4.79 Å². The lowest BCUT2D eigenvalue weighted by Gasteiger charge is -2.41. The third-order valence-corrected chi connectivity index (χ3v) is 8.13. The molecule has 1 atom stereocenters. The molecule has 32 heavy (non-hydrogen) atoms. The highest BCUT2D eigenvalue weighted by atomic mass is 32.2. The number of ketones is 1. The van der Waals surface area contributed by atoms with Crippen molar-refractivity contribution >= 4 is 40.2 Å². The molecule has 1 saturated carbocycles. The number of hydrogen-bond donors (Lipinski definition) is 2. The molecule has 3 aromatic rings. The summed E-state index contributed by atoms with van der Waals surface area (Å²) in [4.78, 5) is 36.5. The molecule has 2 aliphatic rings. The third-order valence-electron chi connectivity index (χ3n) is 7.07. The number of imidazole rings is 1. The number of rotatable bonds is 3. The monoisotopic (exact) mass is 453 g/mol. The highest BCUT2D eigenvalue weighted by molar-refractivity contribution is 7.99. The van der Waals surface area contributed by atoms with Gasteiger partial charge in [0.1, 0.15) is 16.6 Å². The van der Waals surface area contributed by atoms with Crippen LogP contribution in [0.25, 0.3) is 11.0 Å². The van der Waals surface area contributed by atoms with Gasteiger partial charge in [0.25, 0.3) is 0 Å². The van der Waals surface area contributed by atoms with Crippen molar-refractivity contribution in [3.8, 4) is 0 Å². The largest absolute Gasteiger partial charge is 0.381 e. The Kier molecular flexibility index (Phi) is 5.01. The topological polar surface area (TPSA) is 125 Å². The molecule has 0 amide bonds. The smallest absolute Gasteiger partial charge is 0.328 e. The van der Waals surface area contributed by atoms with E-state index in [1.807, 2.05) is 18.2 Å². The fourth-order valence-electron chi connectivity index (χ4n) is 5.13. The van der Waals surface area contributed by atoms with Gasteiger partial charge in [-0.05, 0) is 30.4 Å². The van der Waals surface area contributed by atoms with Crippen LogP contribution in [0.2, 0.25) is 0 Å². The van der Waals surface area contributed by atoms with E-state index in [0.717, 1.165) is 47.7 Å².